The van der Waals surface area contributed by atoms with E-state index in [4.69, 9.17) is 15.0 Å². The first-order valence-corrected chi connectivity index (χ1v) is 24.0. The minimum Gasteiger partial charge on any atom is -0.309 e. The van der Waals surface area contributed by atoms with Gasteiger partial charge in [0.2, 0.25) is 0 Å². The van der Waals surface area contributed by atoms with Gasteiger partial charge in [-0.2, -0.15) is 0 Å². The van der Waals surface area contributed by atoms with Crippen LogP contribution in [0.25, 0.3) is 117 Å². The van der Waals surface area contributed by atoms with Gasteiger partial charge in [0.15, 0.2) is 17.5 Å². The van der Waals surface area contributed by atoms with Crippen molar-refractivity contribution in [2.45, 2.75) is 19.3 Å². The van der Waals surface area contributed by atoms with Crippen LogP contribution in [0.1, 0.15) is 25.0 Å². The Labute approximate surface area is 407 Å². The number of nitrogens with zero attached hydrogens (tertiary/aromatic N) is 4. The quantitative estimate of drug-likeness (QED) is 0.153. The molecular formula is C66H46N4. The predicted octanol–water partition coefficient (Wildman–Crippen LogP) is 16.9. The molecule has 4 nitrogen and oxygen atoms in total. The van der Waals surface area contributed by atoms with Crippen LogP contribution in [-0.2, 0) is 5.41 Å². The molecule has 0 fully saturated rings. The van der Waals surface area contributed by atoms with E-state index >= 15 is 0 Å². The number of hydrogen-bond acceptors (Lipinski definition) is 3. The molecule has 0 saturated carbocycles. The van der Waals surface area contributed by atoms with Crippen LogP contribution in [0.5, 0.6) is 0 Å². The van der Waals surface area contributed by atoms with Gasteiger partial charge < -0.3 is 4.57 Å². The summed E-state index contributed by atoms with van der Waals surface area (Å²) < 4.78 is 2.37. The minimum atomic E-state index is -0.0495. The van der Waals surface area contributed by atoms with E-state index in [0.29, 0.717) is 17.5 Å². The fourth-order valence-electron chi connectivity index (χ4n) is 10.6. The highest BCUT2D eigenvalue weighted by Gasteiger charge is 2.35. The van der Waals surface area contributed by atoms with Gasteiger partial charge in [-0.15, -0.1) is 0 Å². The van der Waals surface area contributed by atoms with Crippen LogP contribution in [-0.4, -0.2) is 19.5 Å². The van der Waals surface area contributed by atoms with Gasteiger partial charge in [0.25, 0.3) is 0 Å². The molecule has 330 valence electrons. The van der Waals surface area contributed by atoms with Crippen LogP contribution in [0.4, 0.5) is 0 Å². The lowest BCUT2D eigenvalue weighted by Crippen LogP contribution is -2.14. The lowest BCUT2D eigenvalue weighted by atomic mass is 9.81. The highest BCUT2D eigenvalue weighted by atomic mass is 15.0. The minimum absolute atomic E-state index is 0.0495. The van der Waals surface area contributed by atoms with E-state index < -0.39 is 0 Å². The highest BCUT2D eigenvalue weighted by Crippen LogP contribution is 2.49. The molecule has 0 atom stereocenters. The summed E-state index contributed by atoms with van der Waals surface area (Å²) in [4.78, 5) is 15.3. The molecule has 0 aliphatic heterocycles. The summed E-state index contributed by atoms with van der Waals surface area (Å²) in [5.41, 5.74) is 21.0. The molecule has 10 aromatic carbocycles. The summed E-state index contributed by atoms with van der Waals surface area (Å²) in [5, 5.41) is 2.42. The van der Waals surface area contributed by atoms with Gasteiger partial charge in [-0.3, -0.25) is 0 Å². The topological polar surface area (TPSA) is 43.6 Å². The van der Waals surface area contributed by atoms with Gasteiger partial charge in [0, 0.05) is 38.6 Å². The Kier molecular flexibility index (Phi) is 9.81. The fourth-order valence-corrected chi connectivity index (χ4v) is 10.6. The lowest BCUT2D eigenvalue weighted by Gasteiger charge is -2.22. The van der Waals surface area contributed by atoms with Crippen LogP contribution < -0.4 is 0 Å². The standard InChI is InChI=1S/C66H46N4/c1-66(2)59-22-11-9-20-55(59)56-38-34-53(42-60(56)66)51-19-13-18-50(40-51)52-35-39-62-58(41-52)57-21-10-12-23-61(57)70(62)54-36-32-49(33-37-54)65-68-63(47-28-24-45(25-29-47)43-14-5-3-6-15-43)67-64(69-65)48-30-26-46(27-31-48)44-16-7-4-8-17-44/h3-42H,1-2H3. The maximum absolute atomic E-state index is 5.12. The van der Waals surface area contributed by atoms with E-state index in [0.717, 1.165) is 44.5 Å². The molecule has 13 rings (SSSR count). The van der Waals surface area contributed by atoms with E-state index in [1.165, 1.54) is 66.4 Å². The first-order chi connectivity index (χ1) is 34.4. The average Bonchev–Trinajstić information content (AvgIpc) is 3.88. The van der Waals surface area contributed by atoms with Crippen LogP contribution in [0.2, 0.25) is 0 Å². The van der Waals surface area contributed by atoms with E-state index in [9.17, 15) is 0 Å². The van der Waals surface area contributed by atoms with Gasteiger partial charge in [-0.05, 0) is 121 Å². The molecule has 4 heteroatoms. The van der Waals surface area contributed by atoms with Crippen molar-refractivity contribution in [2.24, 2.45) is 0 Å². The first-order valence-electron chi connectivity index (χ1n) is 24.0. The summed E-state index contributed by atoms with van der Waals surface area (Å²) in [6.45, 7) is 4.69. The Bertz CT molecular complexity index is 3820. The normalized spacial score (nSPS) is 12.5. The van der Waals surface area contributed by atoms with Crippen LogP contribution in [0.3, 0.4) is 0 Å². The Balaban J connectivity index is 0.851. The van der Waals surface area contributed by atoms with Crippen molar-refractivity contribution in [1.82, 2.24) is 19.5 Å². The van der Waals surface area contributed by atoms with E-state index in [-0.39, 0.29) is 5.41 Å². The third-order valence-corrected chi connectivity index (χ3v) is 14.3. The molecule has 0 spiro atoms. The van der Waals surface area contributed by atoms with Gasteiger partial charge >= 0.3 is 0 Å². The number of hydrogen-bond donors (Lipinski definition) is 0. The average molecular weight is 895 g/mol. The second-order valence-corrected chi connectivity index (χ2v) is 18.8. The molecule has 0 unspecified atom stereocenters. The van der Waals surface area contributed by atoms with Crippen LogP contribution >= 0.6 is 0 Å². The molecule has 0 radical (unpaired) electrons. The summed E-state index contributed by atoms with van der Waals surface area (Å²) in [5.74, 6) is 1.87. The Morgan fingerprint density at radius 3 is 1.31 bits per heavy atom. The van der Waals surface area contributed by atoms with E-state index in [2.05, 4.69) is 249 Å². The van der Waals surface area contributed by atoms with Crippen molar-refractivity contribution in [3.8, 4) is 95.5 Å². The molecule has 2 heterocycles. The van der Waals surface area contributed by atoms with Gasteiger partial charge in [0.1, 0.15) is 0 Å². The van der Waals surface area contributed by atoms with Crippen LogP contribution in [0, 0.1) is 0 Å². The van der Waals surface area contributed by atoms with Crippen molar-refractivity contribution < 1.29 is 0 Å². The smallest absolute Gasteiger partial charge is 0.164 e. The summed E-state index contributed by atoms with van der Waals surface area (Å²) in [6, 6.07) is 86.9. The van der Waals surface area contributed by atoms with Gasteiger partial charge in [-0.1, -0.05) is 202 Å². The number of para-hydroxylation sites is 1. The second kappa shape index (κ2) is 16.7. The number of benzene rings is 10. The van der Waals surface area contributed by atoms with Crippen molar-refractivity contribution in [3.63, 3.8) is 0 Å². The Morgan fingerprint density at radius 1 is 0.286 bits per heavy atom. The van der Waals surface area contributed by atoms with Gasteiger partial charge in [-0.25, -0.2) is 15.0 Å². The fraction of sp³-hybridized carbons (Fsp3) is 0.0455. The first kappa shape index (κ1) is 41.2. The monoisotopic (exact) mass is 894 g/mol. The second-order valence-electron chi connectivity index (χ2n) is 18.8. The number of aromatic nitrogens is 4. The molecule has 1 aliphatic carbocycles. The van der Waals surface area contributed by atoms with E-state index in [1.807, 2.05) is 12.1 Å². The Hall–Kier alpha value is -8.99. The zero-order valence-electron chi connectivity index (χ0n) is 38.9. The third kappa shape index (κ3) is 7.12. The molecule has 2 aromatic heterocycles. The largest absolute Gasteiger partial charge is 0.309 e. The molecule has 12 aromatic rings. The lowest BCUT2D eigenvalue weighted by molar-refractivity contribution is 0.660. The maximum atomic E-state index is 5.12. The summed E-state index contributed by atoms with van der Waals surface area (Å²) >= 11 is 0. The summed E-state index contributed by atoms with van der Waals surface area (Å²) in [6.07, 6.45) is 0. The zero-order valence-corrected chi connectivity index (χ0v) is 38.9. The molecule has 0 amide bonds. The SMILES string of the molecule is CC1(C)c2ccccc2-c2ccc(-c3cccc(-c4ccc5c(c4)c4ccccc4n5-c4ccc(-c5nc(-c6ccc(-c7ccccc7)cc6)nc(-c6ccc(-c7ccccc7)cc6)n5)cc4)c3)cc21. The molecule has 0 N–H and O–H groups in total. The Morgan fingerprint density at radius 2 is 0.700 bits per heavy atom. The molecular weight excluding hydrogens is 849 g/mol. The van der Waals surface area contributed by atoms with E-state index in [1.54, 1.807) is 0 Å². The van der Waals surface area contributed by atoms with Crippen molar-refractivity contribution in [3.05, 3.63) is 254 Å². The molecule has 70 heavy (non-hydrogen) atoms. The van der Waals surface area contributed by atoms with Crippen molar-refractivity contribution in [1.29, 1.82) is 0 Å². The maximum Gasteiger partial charge on any atom is 0.164 e. The highest BCUT2D eigenvalue weighted by molar-refractivity contribution is 6.10. The molecule has 1 aliphatic rings. The molecule has 0 bridgehead atoms. The summed E-state index contributed by atoms with van der Waals surface area (Å²) in [7, 11) is 0. The zero-order chi connectivity index (χ0) is 46.8. The number of rotatable bonds is 8. The third-order valence-electron chi connectivity index (χ3n) is 14.3. The van der Waals surface area contributed by atoms with Crippen molar-refractivity contribution in [2.75, 3.05) is 0 Å². The van der Waals surface area contributed by atoms with Crippen LogP contribution in [0.15, 0.2) is 243 Å². The predicted molar refractivity (Wildman–Crippen MR) is 290 cm³/mol. The van der Waals surface area contributed by atoms with Crippen molar-refractivity contribution >= 4 is 21.8 Å². The molecule has 0 saturated heterocycles. The van der Waals surface area contributed by atoms with Gasteiger partial charge in [0.05, 0.1) is 11.0 Å². The number of fused-ring (bicyclic) bond motifs is 6.